The molecule has 0 rings (SSSR count). The Morgan fingerprint density at radius 2 is 2.00 bits per heavy atom. The third-order valence-electron chi connectivity index (χ3n) is 0.907. The first kappa shape index (κ1) is 11.9. The third kappa shape index (κ3) is 8.81. The predicted octanol–water partition coefficient (Wildman–Crippen LogP) is 1.55. The minimum atomic E-state index is -1.59. The van der Waals surface area contributed by atoms with Gasteiger partial charge in [0.05, 0.1) is 13.3 Å². The van der Waals surface area contributed by atoms with Crippen molar-refractivity contribution in [2.75, 3.05) is 7.11 Å². The summed E-state index contributed by atoms with van der Waals surface area (Å²) in [6, 6.07) is 0. The molecule has 0 aliphatic carbocycles. The maximum Gasteiger partial charge on any atom is 0.330 e. The van der Waals surface area contributed by atoms with Crippen molar-refractivity contribution < 1.29 is 14.1 Å². The Hall–Kier alpha value is -1.10. The fourth-order valence-electron chi connectivity index (χ4n) is 0.413. The molecular formula is C8H15NO3Si. The van der Waals surface area contributed by atoms with Crippen molar-refractivity contribution in [3.8, 4) is 0 Å². The van der Waals surface area contributed by atoms with Gasteiger partial charge < -0.3 is 9.26 Å². The topological polar surface area (TPSA) is 47.9 Å². The molecule has 0 aromatic heterocycles. The quantitative estimate of drug-likeness (QED) is 0.228. The van der Waals surface area contributed by atoms with Crippen LogP contribution in [-0.2, 0) is 14.1 Å². The summed E-state index contributed by atoms with van der Waals surface area (Å²) in [6.07, 6.45) is 4.18. The lowest BCUT2D eigenvalue weighted by Crippen LogP contribution is -2.22. The number of nitrogens with zero attached hydrogens (tertiary/aromatic N) is 1. The van der Waals surface area contributed by atoms with Crippen LogP contribution in [0.1, 0.15) is 0 Å². The number of rotatable bonds is 4. The molecule has 4 nitrogen and oxygen atoms in total. The number of hydrogen-bond donors (Lipinski definition) is 0. The largest absolute Gasteiger partial charge is 0.466 e. The van der Waals surface area contributed by atoms with Gasteiger partial charge in [-0.05, 0) is 25.7 Å². The lowest BCUT2D eigenvalue weighted by atomic mass is 10.5. The number of carbonyl (C=O) groups is 1. The molecule has 0 aromatic carbocycles. The second kappa shape index (κ2) is 5.53. The molecule has 0 saturated carbocycles. The lowest BCUT2D eigenvalue weighted by molar-refractivity contribution is -0.134. The third-order valence-corrected chi connectivity index (χ3v) is 1.56. The van der Waals surface area contributed by atoms with Gasteiger partial charge in [-0.1, -0.05) is 0 Å². The van der Waals surface area contributed by atoms with Crippen LogP contribution in [-0.4, -0.2) is 27.6 Å². The Labute approximate surface area is 79.3 Å². The zero-order chi connectivity index (χ0) is 10.3. The van der Waals surface area contributed by atoms with Crippen LogP contribution in [0.25, 0.3) is 0 Å². The van der Waals surface area contributed by atoms with Crippen LogP contribution in [0.5, 0.6) is 0 Å². The van der Waals surface area contributed by atoms with Gasteiger partial charge in [0, 0.05) is 6.08 Å². The molecule has 0 radical (unpaired) electrons. The summed E-state index contributed by atoms with van der Waals surface area (Å²) in [4.78, 5) is 10.6. The summed E-state index contributed by atoms with van der Waals surface area (Å²) in [5, 5.41) is 3.69. The minimum Gasteiger partial charge on any atom is -0.466 e. The summed E-state index contributed by atoms with van der Waals surface area (Å²) < 4.78 is 9.53. The van der Waals surface area contributed by atoms with Gasteiger partial charge in [-0.2, -0.15) is 0 Å². The molecule has 0 bridgehead atoms. The zero-order valence-electron chi connectivity index (χ0n) is 8.40. The fraction of sp³-hybridized carbons (Fsp3) is 0.500. The fourth-order valence-corrected chi connectivity index (χ4v) is 0.790. The molecule has 0 aromatic rings. The van der Waals surface area contributed by atoms with E-state index >= 15 is 0 Å². The molecule has 0 aliphatic rings. The second-order valence-corrected chi connectivity index (χ2v) is 7.75. The number of esters is 1. The molecule has 0 saturated heterocycles. The van der Waals surface area contributed by atoms with Crippen LogP contribution in [0.2, 0.25) is 19.6 Å². The van der Waals surface area contributed by atoms with E-state index in [4.69, 9.17) is 4.53 Å². The van der Waals surface area contributed by atoms with Gasteiger partial charge in [0.1, 0.15) is 0 Å². The maximum absolute atomic E-state index is 10.6. The van der Waals surface area contributed by atoms with Gasteiger partial charge in [0.15, 0.2) is 0 Å². The Balaban J connectivity index is 3.76. The van der Waals surface area contributed by atoms with Gasteiger partial charge in [-0.15, -0.1) is 5.16 Å². The molecule has 0 N–H and O–H groups in total. The van der Waals surface area contributed by atoms with E-state index in [-0.39, 0.29) is 0 Å². The Bertz CT molecular complexity index is 218. The van der Waals surface area contributed by atoms with E-state index < -0.39 is 14.3 Å². The van der Waals surface area contributed by atoms with Crippen LogP contribution in [0, 0.1) is 0 Å². The van der Waals surface area contributed by atoms with Gasteiger partial charge in [-0.25, -0.2) is 4.79 Å². The first-order valence-corrected chi connectivity index (χ1v) is 7.32. The number of allylic oxidation sites excluding steroid dienone is 1. The molecule has 74 valence electrons. The van der Waals surface area contributed by atoms with Crippen molar-refractivity contribution in [3.63, 3.8) is 0 Å². The summed E-state index contributed by atoms with van der Waals surface area (Å²) in [6.45, 7) is 6.07. The summed E-state index contributed by atoms with van der Waals surface area (Å²) >= 11 is 0. The van der Waals surface area contributed by atoms with E-state index in [2.05, 4.69) is 9.89 Å². The lowest BCUT2D eigenvalue weighted by Gasteiger charge is -2.11. The second-order valence-electron chi connectivity index (χ2n) is 3.34. The molecule has 0 spiro atoms. The van der Waals surface area contributed by atoms with Crippen molar-refractivity contribution in [1.82, 2.24) is 0 Å². The molecule has 0 aliphatic heterocycles. The van der Waals surface area contributed by atoms with E-state index in [1.165, 1.54) is 25.5 Å². The average Bonchev–Trinajstić information content (AvgIpc) is 2.01. The van der Waals surface area contributed by atoms with Crippen LogP contribution in [0.15, 0.2) is 17.3 Å². The van der Waals surface area contributed by atoms with Crippen molar-refractivity contribution >= 4 is 20.5 Å². The number of hydrogen-bond acceptors (Lipinski definition) is 4. The number of methoxy groups -OCH3 is 1. The Morgan fingerprint density at radius 1 is 1.38 bits per heavy atom. The first-order chi connectivity index (χ1) is 5.95. The van der Waals surface area contributed by atoms with Crippen LogP contribution in [0.3, 0.4) is 0 Å². The van der Waals surface area contributed by atoms with E-state index in [0.29, 0.717) is 0 Å². The van der Waals surface area contributed by atoms with E-state index in [0.717, 1.165) is 0 Å². The summed E-state index contributed by atoms with van der Waals surface area (Å²) in [7, 11) is -0.269. The van der Waals surface area contributed by atoms with Crippen molar-refractivity contribution in [1.29, 1.82) is 0 Å². The molecule has 0 unspecified atom stereocenters. The normalized spacial score (nSPS) is 12.3. The van der Waals surface area contributed by atoms with Gasteiger partial charge in [0.2, 0.25) is 0 Å². The monoisotopic (exact) mass is 201 g/mol. The highest BCUT2D eigenvalue weighted by molar-refractivity contribution is 6.69. The molecule has 0 heterocycles. The predicted molar refractivity (Wildman–Crippen MR) is 54.1 cm³/mol. The van der Waals surface area contributed by atoms with E-state index in [1.807, 2.05) is 19.6 Å². The van der Waals surface area contributed by atoms with Gasteiger partial charge in [0.25, 0.3) is 8.32 Å². The van der Waals surface area contributed by atoms with Crippen LogP contribution in [0.4, 0.5) is 0 Å². The highest BCUT2D eigenvalue weighted by Gasteiger charge is 2.14. The van der Waals surface area contributed by atoms with E-state index in [9.17, 15) is 4.79 Å². The Kier molecular flexibility index (Phi) is 5.06. The highest BCUT2D eigenvalue weighted by atomic mass is 28.4. The molecule has 0 fully saturated rings. The molecule has 13 heavy (non-hydrogen) atoms. The number of ether oxygens (including phenoxy) is 1. The van der Waals surface area contributed by atoms with Crippen molar-refractivity contribution in [2.45, 2.75) is 19.6 Å². The molecule has 5 heteroatoms. The number of carbonyl (C=O) groups excluding carboxylic acids is 1. The van der Waals surface area contributed by atoms with Crippen molar-refractivity contribution in [3.05, 3.63) is 12.2 Å². The summed E-state index contributed by atoms with van der Waals surface area (Å²) in [5.74, 6) is -0.403. The maximum atomic E-state index is 10.6. The SMILES string of the molecule is COC(=O)/C=C\C=N\O[Si](C)(C)C. The van der Waals surface area contributed by atoms with Gasteiger partial charge >= 0.3 is 5.97 Å². The summed E-state index contributed by atoms with van der Waals surface area (Å²) in [5.41, 5.74) is 0. The van der Waals surface area contributed by atoms with Crippen LogP contribution >= 0.6 is 0 Å². The van der Waals surface area contributed by atoms with Crippen molar-refractivity contribution in [2.24, 2.45) is 5.16 Å². The smallest absolute Gasteiger partial charge is 0.330 e. The zero-order valence-corrected chi connectivity index (χ0v) is 9.40. The first-order valence-electron chi connectivity index (χ1n) is 3.92. The minimum absolute atomic E-state index is 0.403. The number of oxime groups is 1. The van der Waals surface area contributed by atoms with E-state index in [1.54, 1.807) is 0 Å². The molecular weight excluding hydrogens is 186 g/mol. The standard InChI is InChI=1S/C8H15NO3Si/c1-11-8(10)6-5-7-9-12-13(2,3)4/h5-7H,1-4H3/b6-5-,9-7+. The molecule has 0 atom stereocenters. The average molecular weight is 201 g/mol. The highest BCUT2D eigenvalue weighted by Crippen LogP contribution is 2.01. The molecule has 0 amide bonds. The Morgan fingerprint density at radius 3 is 2.46 bits per heavy atom. The van der Waals surface area contributed by atoms with Gasteiger partial charge in [-0.3, -0.25) is 0 Å². The van der Waals surface area contributed by atoms with Crippen LogP contribution < -0.4 is 0 Å².